The first kappa shape index (κ1) is 21.5. The Kier molecular flexibility index (Phi) is 6.74. The maximum Gasteiger partial charge on any atom is 0.232 e. The molecule has 4 rings (SSSR count). The second-order valence-corrected chi connectivity index (χ2v) is 7.39. The lowest BCUT2D eigenvalue weighted by molar-refractivity contribution is 0.324. The van der Waals surface area contributed by atoms with Crippen LogP contribution in [0.3, 0.4) is 0 Å². The van der Waals surface area contributed by atoms with Gasteiger partial charge >= 0.3 is 0 Å². The van der Waals surface area contributed by atoms with Gasteiger partial charge in [0, 0.05) is 42.3 Å². The van der Waals surface area contributed by atoms with E-state index in [-0.39, 0.29) is 0 Å². The summed E-state index contributed by atoms with van der Waals surface area (Å²) < 4.78 is 16.2. The maximum atomic E-state index is 5.40. The van der Waals surface area contributed by atoms with E-state index < -0.39 is 0 Å². The van der Waals surface area contributed by atoms with Crippen molar-refractivity contribution in [2.24, 2.45) is 0 Å². The lowest BCUT2D eigenvalue weighted by atomic mass is 10.1. The zero-order valence-electron chi connectivity index (χ0n) is 18.6. The molecule has 0 unspecified atom stereocenters. The fourth-order valence-corrected chi connectivity index (χ4v) is 3.74. The van der Waals surface area contributed by atoms with Crippen molar-refractivity contribution in [3.05, 3.63) is 42.7 Å². The Bertz CT molecular complexity index is 1010. The molecule has 3 aromatic rings. The predicted octanol–water partition coefficient (Wildman–Crippen LogP) is 4.37. The molecule has 2 N–H and O–H groups in total. The second-order valence-electron chi connectivity index (χ2n) is 7.39. The normalized spacial score (nSPS) is 13.4. The van der Waals surface area contributed by atoms with Crippen LogP contribution >= 0.6 is 0 Å². The molecule has 1 saturated heterocycles. The van der Waals surface area contributed by atoms with Crippen LogP contribution in [-0.2, 0) is 0 Å². The largest absolute Gasteiger partial charge is 0.493 e. The maximum absolute atomic E-state index is 5.40. The van der Waals surface area contributed by atoms with Crippen LogP contribution in [0.5, 0.6) is 17.2 Å². The molecule has 0 atom stereocenters. The number of methoxy groups -OCH3 is 3. The lowest BCUT2D eigenvalue weighted by Gasteiger charge is -2.28. The van der Waals surface area contributed by atoms with E-state index in [1.807, 2.05) is 12.1 Å². The van der Waals surface area contributed by atoms with Crippen LogP contribution < -0.4 is 29.7 Å². The van der Waals surface area contributed by atoms with E-state index in [2.05, 4.69) is 42.6 Å². The second kappa shape index (κ2) is 10.0. The van der Waals surface area contributed by atoms with E-state index in [1.165, 1.54) is 31.3 Å². The fourth-order valence-electron chi connectivity index (χ4n) is 3.74. The highest BCUT2D eigenvalue weighted by Gasteiger charge is 2.14. The molecule has 1 aliphatic rings. The summed E-state index contributed by atoms with van der Waals surface area (Å²) in [4.78, 5) is 15.3. The van der Waals surface area contributed by atoms with Gasteiger partial charge in [-0.25, -0.2) is 9.97 Å². The summed E-state index contributed by atoms with van der Waals surface area (Å²) >= 11 is 0. The number of hydrogen-bond donors (Lipinski definition) is 2. The van der Waals surface area contributed by atoms with Gasteiger partial charge in [-0.2, -0.15) is 4.98 Å². The van der Waals surface area contributed by atoms with Crippen molar-refractivity contribution < 1.29 is 14.2 Å². The van der Waals surface area contributed by atoms with Crippen molar-refractivity contribution in [3.63, 3.8) is 0 Å². The molecule has 168 valence electrons. The molecular formula is C23H28N6O3. The van der Waals surface area contributed by atoms with Crippen molar-refractivity contribution in [2.75, 3.05) is 50.0 Å². The van der Waals surface area contributed by atoms with Gasteiger partial charge in [0.05, 0.1) is 21.3 Å². The summed E-state index contributed by atoms with van der Waals surface area (Å²) in [5.41, 5.74) is 2.86. The van der Waals surface area contributed by atoms with Crippen molar-refractivity contribution in [2.45, 2.75) is 19.3 Å². The number of benzene rings is 2. The molecule has 9 nitrogen and oxygen atoms in total. The highest BCUT2D eigenvalue weighted by molar-refractivity contribution is 5.66. The topological polar surface area (TPSA) is 93.7 Å². The molecule has 2 aromatic carbocycles. The molecule has 32 heavy (non-hydrogen) atoms. The van der Waals surface area contributed by atoms with Crippen molar-refractivity contribution in [3.8, 4) is 17.2 Å². The molecule has 0 saturated carbocycles. The van der Waals surface area contributed by atoms with Crippen LogP contribution in [0.4, 0.5) is 29.0 Å². The van der Waals surface area contributed by atoms with Crippen LogP contribution in [0.25, 0.3) is 0 Å². The van der Waals surface area contributed by atoms with Crippen LogP contribution in [0.1, 0.15) is 19.3 Å². The number of aromatic nitrogens is 3. The third kappa shape index (κ3) is 4.93. The molecule has 1 aromatic heterocycles. The van der Waals surface area contributed by atoms with Gasteiger partial charge < -0.3 is 29.7 Å². The zero-order chi connectivity index (χ0) is 22.3. The Hall–Kier alpha value is -3.75. The molecule has 0 bridgehead atoms. The number of nitrogens with one attached hydrogen (secondary N) is 2. The number of piperidine rings is 1. The van der Waals surface area contributed by atoms with Gasteiger partial charge in [-0.1, -0.05) is 0 Å². The average Bonchev–Trinajstić information content (AvgIpc) is 2.84. The van der Waals surface area contributed by atoms with Crippen molar-refractivity contribution >= 4 is 29.0 Å². The fraction of sp³-hybridized carbons (Fsp3) is 0.348. The monoisotopic (exact) mass is 436 g/mol. The van der Waals surface area contributed by atoms with Crippen LogP contribution in [-0.4, -0.2) is 49.4 Å². The summed E-state index contributed by atoms with van der Waals surface area (Å²) in [6, 6.07) is 11.9. The minimum Gasteiger partial charge on any atom is -0.493 e. The molecule has 9 heteroatoms. The SMILES string of the molecule is COc1cc(Nc2ncnc(Nc3ccc(N4CCCCC4)cc3)n2)cc(OC)c1OC. The van der Waals surface area contributed by atoms with Crippen molar-refractivity contribution in [1.82, 2.24) is 15.0 Å². The van der Waals surface area contributed by atoms with Crippen LogP contribution in [0.15, 0.2) is 42.7 Å². The first-order chi connectivity index (χ1) is 15.7. The average molecular weight is 437 g/mol. The lowest BCUT2D eigenvalue weighted by Crippen LogP contribution is -2.29. The summed E-state index contributed by atoms with van der Waals surface area (Å²) in [6.07, 6.45) is 5.29. The van der Waals surface area contributed by atoms with Crippen molar-refractivity contribution in [1.29, 1.82) is 0 Å². The van der Waals surface area contributed by atoms with E-state index >= 15 is 0 Å². The van der Waals surface area contributed by atoms with Gasteiger partial charge in [0.25, 0.3) is 0 Å². The molecular weight excluding hydrogens is 408 g/mol. The quantitative estimate of drug-likeness (QED) is 0.534. The molecule has 0 amide bonds. The summed E-state index contributed by atoms with van der Waals surface area (Å²) in [7, 11) is 4.71. The Labute approximate surface area is 187 Å². The standard InChI is InChI=1S/C23H28N6O3/c1-30-19-13-17(14-20(31-2)21(19)32-3)27-23-25-15-24-22(28-23)26-16-7-9-18(10-8-16)29-11-5-4-6-12-29/h7-10,13-15H,4-6,11-12H2,1-3H3,(H2,24,25,26,27,28). The highest BCUT2D eigenvalue weighted by atomic mass is 16.5. The predicted molar refractivity (Wildman–Crippen MR) is 125 cm³/mol. The molecule has 2 heterocycles. The smallest absolute Gasteiger partial charge is 0.232 e. The summed E-state index contributed by atoms with van der Waals surface area (Å²) in [6.45, 7) is 2.24. The van der Waals surface area contributed by atoms with Gasteiger partial charge in [0.2, 0.25) is 17.6 Å². The molecule has 0 spiro atoms. The summed E-state index contributed by atoms with van der Waals surface area (Å²) in [5, 5.41) is 6.39. The number of ether oxygens (including phenoxy) is 3. The van der Waals surface area contributed by atoms with E-state index in [1.54, 1.807) is 33.5 Å². The van der Waals surface area contributed by atoms with E-state index in [9.17, 15) is 0 Å². The summed E-state index contributed by atoms with van der Waals surface area (Å²) in [5.74, 6) is 2.43. The third-order valence-electron chi connectivity index (χ3n) is 5.34. The van der Waals surface area contributed by atoms with Crippen LogP contribution in [0, 0.1) is 0 Å². The van der Waals surface area contributed by atoms with Gasteiger partial charge in [-0.15, -0.1) is 0 Å². The van der Waals surface area contributed by atoms with Gasteiger partial charge in [-0.3, -0.25) is 0 Å². The van der Waals surface area contributed by atoms with E-state index in [4.69, 9.17) is 14.2 Å². The Morgan fingerprint density at radius 1 is 0.750 bits per heavy atom. The number of nitrogens with zero attached hydrogens (tertiary/aromatic N) is 4. The van der Waals surface area contributed by atoms with E-state index in [0.29, 0.717) is 34.8 Å². The van der Waals surface area contributed by atoms with E-state index in [0.717, 1.165) is 18.8 Å². The minimum absolute atomic E-state index is 0.390. The number of hydrogen-bond acceptors (Lipinski definition) is 9. The van der Waals surface area contributed by atoms with Gasteiger partial charge in [0.15, 0.2) is 11.5 Å². The Balaban J connectivity index is 1.47. The first-order valence-corrected chi connectivity index (χ1v) is 10.6. The molecule has 1 fully saturated rings. The number of anilines is 5. The Morgan fingerprint density at radius 2 is 1.34 bits per heavy atom. The minimum atomic E-state index is 0.390. The highest BCUT2D eigenvalue weighted by Crippen LogP contribution is 2.40. The molecule has 1 aliphatic heterocycles. The molecule has 0 aliphatic carbocycles. The molecule has 0 radical (unpaired) electrons. The van der Waals surface area contributed by atoms with Gasteiger partial charge in [-0.05, 0) is 43.5 Å². The Morgan fingerprint density at radius 3 is 1.91 bits per heavy atom. The zero-order valence-corrected chi connectivity index (χ0v) is 18.6. The van der Waals surface area contributed by atoms with Gasteiger partial charge in [0.1, 0.15) is 6.33 Å². The third-order valence-corrected chi connectivity index (χ3v) is 5.34. The van der Waals surface area contributed by atoms with Crippen LogP contribution in [0.2, 0.25) is 0 Å². The number of rotatable bonds is 8. The first-order valence-electron chi connectivity index (χ1n) is 10.6.